The fourth-order valence-corrected chi connectivity index (χ4v) is 10.2. The molecule has 3 saturated heterocycles. The Bertz CT molecular complexity index is 4420. The first-order chi connectivity index (χ1) is 46.3. The molecule has 36 heteroatoms. The number of hydrogen-bond donors (Lipinski definition) is 5. The number of carbonyl (C=O) groups excluding carboxylic acids is 4. The Labute approximate surface area is 539 Å². The van der Waals surface area contributed by atoms with Crippen LogP contribution in [0.25, 0.3) is 37.1 Å². The summed E-state index contributed by atoms with van der Waals surface area (Å²) >= 11 is 0. The summed E-state index contributed by atoms with van der Waals surface area (Å²) in [4.78, 5) is 113. The van der Waals surface area contributed by atoms with E-state index >= 15 is 0 Å². The van der Waals surface area contributed by atoms with Crippen molar-refractivity contribution < 1.29 is 67.7 Å². The molecule has 0 radical (unpaired) electrons. The first kappa shape index (κ1) is 68.3. The van der Waals surface area contributed by atoms with Gasteiger partial charge >= 0.3 is 40.9 Å². The molecule has 494 valence electrons. The number of nitrogens with two attached hydrogens (primary N) is 2. The quantitative estimate of drug-likeness (QED) is 0.0244. The number of carbonyl (C=O) groups is 4. The Kier molecular flexibility index (Phi) is 21.4. The highest BCUT2D eigenvalue weighted by atomic mass is 16.7. The predicted octanol–water partition coefficient (Wildman–Crippen LogP) is 5.12. The van der Waals surface area contributed by atoms with Gasteiger partial charge in [0, 0.05) is 45.7 Å². The fraction of sp³-hybridized carbons (Fsp3) is 0.283. The van der Waals surface area contributed by atoms with Crippen molar-refractivity contribution in [2.75, 3.05) is 18.1 Å². The highest BCUT2D eigenvalue weighted by Gasteiger charge is 2.61. The van der Waals surface area contributed by atoms with E-state index in [9.17, 15) is 59.9 Å². The Morgan fingerprint density at radius 2 is 0.875 bits per heavy atom. The lowest BCUT2D eigenvalue weighted by Gasteiger charge is -2.29. The second kappa shape index (κ2) is 30.1. The predicted molar refractivity (Wildman–Crippen MR) is 330 cm³/mol. The zero-order chi connectivity index (χ0) is 68.7. The minimum Gasteiger partial charge on any atom is -0.451 e. The molecule has 0 bridgehead atoms. The summed E-state index contributed by atoms with van der Waals surface area (Å²) in [5.74, 6) is -2.82. The summed E-state index contributed by atoms with van der Waals surface area (Å²) in [6.45, 7) is 2.42. The van der Waals surface area contributed by atoms with Crippen molar-refractivity contribution >= 4 is 35.5 Å². The third kappa shape index (κ3) is 14.6. The summed E-state index contributed by atoms with van der Waals surface area (Å²) < 4.78 is 45.1. The number of esters is 4. The molecule has 96 heavy (non-hydrogen) atoms. The zero-order valence-corrected chi connectivity index (χ0v) is 50.4. The normalized spacial score (nSPS) is 24.5. The van der Waals surface area contributed by atoms with Gasteiger partial charge in [-0.05, 0) is 96.2 Å². The molecule has 4 aromatic carbocycles. The lowest BCUT2D eigenvalue weighted by molar-refractivity contribution is -0.125. The number of ether oxygens (including phenoxy) is 7. The third-order valence-electron chi connectivity index (χ3n) is 15.1. The van der Waals surface area contributed by atoms with Crippen LogP contribution in [0.2, 0.25) is 0 Å². The number of benzene rings is 4. The van der Waals surface area contributed by atoms with Gasteiger partial charge in [0.05, 0.1) is 28.9 Å². The SMILES string of the molecule is CC[C@@]1(N=[N+]=[N-])O[C@@H](n2ccc(-n3ccnc3)nc2=O)[C@H](OC(=O)c2ccccc2)[C@@H]1OC(=O)c1ccccc1.CC[C@@]1(N=[N+]=[N-])O[C@@H](n2ccc(N)nc2=O)[C@H](OC(=O)c2ccccc2)[C@@H]1OC(=O)c1ccccc1.[N-]=[N+]=N[C@]1(CO)O[C@@H](n2ccc(N)nc2=O)[C@H](O)[C@@H]1O. The largest absolute Gasteiger partial charge is 0.451 e. The van der Waals surface area contributed by atoms with Crippen molar-refractivity contribution in [3.05, 3.63) is 262 Å². The van der Waals surface area contributed by atoms with E-state index in [0.717, 1.165) is 13.7 Å². The Hall–Kier alpha value is -12.1. The van der Waals surface area contributed by atoms with Gasteiger partial charge in [0.2, 0.25) is 5.72 Å². The maximum atomic E-state index is 13.2. The van der Waals surface area contributed by atoms with E-state index in [2.05, 4.69) is 50.0 Å². The third-order valence-corrected chi connectivity index (χ3v) is 15.1. The topological polar surface area (TPSA) is 514 Å². The molecule has 0 amide bonds. The van der Waals surface area contributed by atoms with Gasteiger partial charge in [-0.25, -0.2) is 38.5 Å². The number of nitrogens with zero attached hydrogens (tertiary/aromatic N) is 17. The van der Waals surface area contributed by atoms with Crippen LogP contribution in [-0.2, 0) is 33.2 Å². The van der Waals surface area contributed by atoms with Gasteiger partial charge in [-0.3, -0.25) is 18.3 Å². The standard InChI is InChI=1S/C27H23N7O6.C24H22N6O6.C9H12N6O5/c1-2-27(31-32-28)22(39-25(36)19-11-7-4-8-12-19)21(38-24(35)18-9-5-3-6-10-18)23(40-27)34-15-13-20(30-26(34)37)33-16-14-29-17-33;1-2-24(28-29-26)19(35-22(32)16-11-7-4-8-12-16)18(34-21(31)15-9-5-3-6-10-15)20(36-24)30-14-13-17(25)27-23(30)33;10-4-1-2-15(8(19)12-4)7-5(17)6(18)9(3-16,20-7)13-14-11/h3-17,21-23H,2H2,1H3;3-14,18-20H,2H2,1H3,(H2,25,27,33);1-2,5-7,16-18H,3H2,(H2,10,12,19)/t21-,22+,23-,27-;18-,19+,20-,24-;5-,6+,7-,9-/m111/s1. The molecule has 0 saturated carbocycles. The van der Waals surface area contributed by atoms with Gasteiger partial charge in [-0.15, -0.1) is 0 Å². The van der Waals surface area contributed by atoms with E-state index in [1.54, 1.807) is 117 Å². The molecule has 3 aliphatic rings. The van der Waals surface area contributed by atoms with Crippen LogP contribution in [0.3, 0.4) is 0 Å². The number of rotatable bonds is 18. The van der Waals surface area contributed by atoms with Gasteiger partial charge < -0.3 is 59.9 Å². The molecule has 3 fully saturated rings. The van der Waals surface area contributed by atoms with E-state index in [1.807, 2.05) is 0 Å². The molecule has 8 aromatic rings. The zero-order valence-electron chi connectivity index (χ0n) is 50.4. The van der Waals surface area contributed by atoms with Crippen LogP contribution in [0, 0.1) is 0 Å². The summed E-state index contributed by atoms with van der Waals surface area (Å²) in [5, 5.41) is 39.8. The first-order valence-corrected chi connectivity index (χ1v) is 28.8. The number of aliphatic hydroxyl groups excluding tert-OH is 3. The van der Waals surface area contributed by atoms with Gasteiger partial charge in [-0.1, -0.05) is 102 Å². The fourth-order valence-electron chi connectivity index (χ4n) is 10.2. The number of aromatic nitrogens is 8. The molecule has 4 aromatic heterocycles. The average Bonchev–Trinajstić information content (AvgIpc) is 1.59. The van der Waals surface area contributed by atoms with Crippen LogP contribution in [0.5, 0.6) is 0 Å². The van der Waals surface area contributed by atoms with Gasteiger partial charge in [0.25, 0.3) is 0 Å². The summed E-state index contributed by atoms with van der Waals surface area (Å²) in [5.41, 5.74) is 30.9. The molecule has 7 N–H and O–H groups in total. The lowest BCUT2D eigenvalue weighted by Crippen LogP contribution is -2.46. The number of anilines is 2. The molecule has 0 unspecified atom stereocenters. The van der Waals surface area contributed by atoms with Crippen molar-refractivity contribution in [1.29, 1.82) is 0 Å². The van der Waals surface area contributed by atoms with Crippen LogP contribution in [-0.4, -0.2) is 138 Å². The number of hydrogen-bond acceptors (Lipinski definition) is 26. The molecule has 11 rings (SSSR count). The average molecular weight is 1320 g/mol. The monoisotopic (exact) mass is 1320 g/mol. The molecule has 0 aliphatic carbocycles. The Balaban J connectivity index is 0.000000178. The van der Waals surface area contributed by atoms with Crippen molar-refractivity contribution in [1.82, 2.24) is 38.2 Å². The molecule has 3 aliphatic heterocycles. The summed E-state index contributed by atoms with van der Waals surface area (Å²) in [6.07, 6.45) is -4.42. The second-order valence-electron chi connectivity index (χ2n) is 20.8. The van der Waals surface area contributed by atoms with E-state index in [-0.39, 0.29) is 46.7 Å². The number of aliphatic hydroxyl groups is 3. The van der Waals surface area contributed by atoms with E-state index in [0.29, 0.717) is 5.82 Å². The lowest BCUT2D eigenvalue weighted by atomic mass is 10.0. The molecule has 36 nitrogen and oxygen atoms in total. The molecular weight excluding hydrogens is 1260 g/mol. The summed E-state index contributed by atoms with van der Waals surface area (Å²) in [6, 6.07) is 36.7. The summed E-state index contributed by atoms with van der Waals surface area (Å²) in [7, 11) is 0. The van der Waals surface area contributed by atoms with E-state index in [1.165, 1.54) is 78.1 Å². The number of azide groups is 3. The van der Waals surface area contributed by atoms with Crippen LogP contribution in [0.1, 0.15) is 86.8 Å². The highest BCUT2D eigenvalue weighted by Crippen LogP contribution is 2.46. The van der Waals surface area contributed by atoms with Crippen LogP contribution in [0.4, 0.5) is 11.6 Å². The van der Waals surface area contributed by atoms with E-state index < -0.39 is 120 Å². The molecular formula is C60H57N19O17. The van der Waals surface area contributed by atoms with E-state index in [4.69, 9.17) is 50.2 Å². The van der Waals surface area contributed by atoms with Gasteiger partial charge in [-0.2, -0.15) is 15.0 Å². The van der Waals surface area contributed by atoms with Crippen molar-refractivity contribution in [3.8, 4) is 5.82 Å². The van der Waals surface area contributed by atoms with Crippen molar-refractivity contribution in [2.24, 2.45) is 15.3 Å². The Morgan fingerprint density at radius 3 is 1.22 bits per heavy atom. The van der Waals surface area contributed by atoms with Crippen LogP contribution < -0.4 is 28.5 Å². The number of imidazole rings is 1. The maximum Gasteiger partial charge on any atom is 0.351 e. The minimum atomic E-state index is -2.07. The number of nitrogen functional groups attached to an aromatic ring is 2. The molecule has 7 heterocycles. The Morgan fingerprint density at radius 1 is 0.521 bits per heavy atom. The van der Waals surface area contributed by atoms with Gasteiger partial charge in [0.1, 0.15) is 36.0 Å². The first-order valence-electron chi connectivity index (χ1n) is 28.8. The van der Waals surface area contributed by atoms with Gasteiger partial charge in [0.15, 0.2) is 54.5 Å². The van der Waals surface area contributed by atoms with Crippen LogP contribution >= 0.6 is 0 Å². The minimum absolute atomic E-state index is 0.0228. The van der Waals surface area contributed by atoms with Crippen molar-refractivity contribution in [3.63, 3.8) is 0 Å². The smallest absolute Gasteiger partial charge is 0.351 e. The second-order valence-corrected chi connectivity index (χ2v) is 20.8. The molecule has 12 atom stereocenters. The maximum absolute atomic E-state index is 13.2. The van der Waals surface area contributed by atoms with Crippen molar-refractivity contribution in [2.45, 2.75) is 99.2 Å². The highest BCUT2D eigenvalue weighted by molar-refractivity contribution is 5.91. The molecule has 0 spiro atoms. The van der Waals surface area contributed by atoms with Crippen LogP contribution in [0.15, 0.2) is 207 Å².